The van der Waals surface area contributed by atoms with E-state index in [9.17, 15) is 22.4 Å². The fourth-order valence-electron chi connectivity index (χ4n) is 3.90. The molecule has 35 heavy (non-hydrogen) atoms. The third-order valence-electron chi connectivity index (χ3n) is 5.66. The summed E-state index contributed by atoms with van der Waals surface area (Å²) in [4.78, 5) is 19.7. The maximum atomic E-state index is 13.5. The van der Waals surface area contributed by atoms with E-state index in [1.54, 1.807) is 12.1 Å². The van der Waals surface area contributed by atoms with Gasteiger partial charge in [-0.1, -0.05) is 11.6 Å². The molecule has 7 nitrogen and oxygen atoms in total. The van der Waals surface area contributed by atoms with E-state index in [4.69, 9.17) is 21.1 Å². The number of carbonyl (C=O) groups excluding carboxylic acids is 1. The first-order chi connectivity index (χ1) is 16.6. The Morgan fingerprint density at radius 1 is 1.09 bits per heavy atom. The molecule has 1 aromatic heterocycles. The molecule has 0 bridgehead atoms. The van der Waals surface area contributed by atoms with Gasteiger partial charge in [-0.2, -0.15) is 13.2 Å². The summed E-state index contributed by atoms with van der Waals surface area (Å²) in [5, 5.41) is 5.68. The lowest BCUT2D eigenvalue weighted by molar-refractivity contribution is -0.174. The van der Waals surface area contributed by atoms with Crippen molar-refractivity contribution in [1.29, 1.82) is 0 Å². The number of nitrogens with zero attached hydrogens (tertiary/aromatic N) is 2. The van der Waals surface area contributed by atoms with Gasteiger partial charge in [-0.05, 0) is 49.9 Å². The molecule has 1 saturated carbocycles. The molecule has 1 heterocycles. The first-order valence-corrected chi connectivity index (χ1v) is 11.1. The van der Waals surface area contributed by atoms with Crippen LogP contribution in [0, 0.1) is 5.82 Å². The van der Waals surface area contributed by atoms with E-state index in [1.807, 2.05) is 5.32 Å². The van der Waals surface area contributed by atoms with Crippen molar-refractivity contribution in [2.24, 2.45) is 0 Å². The summed E-state index contributed by atoms with van der Waals surface area (Å²) < 4.78 is 62.6. The van der Waals surface area contributed by atoms with Gasteiger partial charge in [0.15, 0.2) is 11.5 Å². The third-order valence-corrected chi connectivity index (χ3v) is 5.95. The van der Waals surface area contributed by atoms with Crippen LogP contribution in [0.2, 0.25) is 5.02 Å². The normalized spacial score (nSPS) is 18.2. The Kier molecular flexibility index (Phi) is 7.15. The van der Waals surface area contributed by atoms with Gasteiger partial charge in [-0.25, -0.2) is 14.4 Å². The van der Waals surface area contributed by atoms with E-state index >= 15 is 0 Å². The quantitative estimate of drug-likeness (QED) is 0.422. The summed E-state index contributed by atoms with van der Waals surface area (Å²) in [6, 6.07) is 7.02. The average molecular weight is 513 g/mol. The number of ether oxygens (including phenoxy) is 2. The van der Waals surface area contributed by atoms with Gasteiger partial charge in [-0.15, -0.1) is 0 Å². The summed E-state index contributed by atoms with van der Waals surface area (Å²) in [7, 11) is 1.48. The molecule has 1 fully saturated rings. The standard InChI is InChI=1S/C23H21ClF4N4O3/c1-34-19-10-18-15(21(30-11-29-18)31-13-4-7-17(25)16(24)8-13)9-20(19)35-14-5-2-12(3-6-14)32-22(33)23(26,27)28/h4,7-12,14H,2-3,5-6H2,1H3,(H,32,33)(H,29,30,31)/t12-,14-. The molecule has 0 spiro atoms. The Hall–Kier alpha value is -3.34. The van der Waals surface area contributed by atoms with Gasteiger partial charge in [0.05, 0.1) is 23.8 Å². The smallest absolute Gasteiger partial charge is 0.471 e. The van der Waals surface area contributed by atoms with Crippen molar-refractivity contribution in [1.82, 2.24) is 15.3 Å². The second-order valence-corrected chi connectivity index (χ2v) is 8.47. The second-order valence-electron chi connectivity index (χ2n) is 8.06. The zero-order valence-corrected chi connectivity index (χ0v) is 19.2. The van der Waals surface area contributed by atoms with Crippen molar-refractivity contribution in [3.05, 3.63) is 47.5 Å². The van der Waals surface area contributed by atoms with Crippen molar-refractivity contribution in [3.63, 3.8) is 0 Å². The van der Waals surface area contributed by atoms with Gasteiger partial charge in [-0.3, -0.25) is 4.79 Å². The number of rotatable bonds is 6. The number of nitrogens with one attached hydrogen (secondary N) is 2. The second kappa shape index (κ2) is 10.1. The first kappa shape index (κ1) is 24.8. The van der Waals surface area contributed by atoms with Gasteiger partial charge in [0.1, 0.15) is 18.0 Å². The highest BCUT2D eigenvalue weighted by atomic mass is 35.5. The number of hydrogen-bond acceptors (Lipinski definition) is 6. The van der Waals surface area contributed by atoms with Crippen LogP contribution in [0.4, 0.5) is 29.1 Å². The predicted octanol–water partition coefficient (Wildman–Crippen LogP) is 5.54. The number of benzene rings is 2. The van der Waals surface area contributed by atoms with Crippen molar-refractivity contribution in [2.45, 2.75) is 44.0 Å². The highest BCUT2D eigenvalue weighted by Crippen LogP contribution is 2.37. The molecule has 12 heteroatoms. The number of amides is 1. The molecule has 0 radical (unpaired) electrons. The van der Waals surface area contributed by atoms with E-state index in [-0.39, 0.29) is 11.1 Å². The molecular formula is C23H21ClF4N4O3. The molecule has 3 aromatic rings. The van der Waals surface area contributed by atoms with E-state index < -0.39 is 23.9 Å². The van der Waals surface area contributed by atoms with Crippen molar-refractivity contribution in [3.8, 4) is 11.5 Å². The Morgan fingerprint density at radius 2 is 1.83 bits per heavy atom. The van der Waals surface area contributed by atoms with Crippen LogP contribution in [0.1, 0.15) is 25.7 Å². The predicted molar refractivity (Wildman–Crippen MR) is 122 cm³/mol. The van der Waals surface area contributed by atoms with Crippen LogP contribution < -0.4 is 20.1 Å². The van der Waals surface area contributed by atoms with Crippen molar-refractivity contribution in [2.75, 3.05) is 12.4 Å². The summed E-state index contributed by atoms with van der Waals surface area (Å²) in [5.74, 6) is -1.19. The van der Waals surface area contributed by atoms with E-state index in [0.29, 0.717) is 59.6 Å². The molecule has 1 aliphatic rings. The van der Waals surface area contributed by atoms with Gasteiger partial charge < -0.3 is 20.1 Å². The SMILES string of the molecule is COc1cc2ncnc(Nc3ccc(F)c(Cl)c3)c2cc1O[C@H]1CC[C@H](NC(=O)C(F)(F)F)CC1. The molecule has 0 unspecified atom stereocenters. The third kappa shape index (κ3) is 5.84. The molecule has 0 atom stereocenters. The first-order valence-electron chi connectivity index (χ1n) is 10.7. The Labute approximate surface area is 202 Å². The molecule has 4 rings (SSSR count). The lowest BCUT2D eigenvalue weighted by Crippen LogP contribution is -2.45. The Morgan fingerprint density at radius 3 is 2.49 bits per heavy atom. The number of carbonyl (C=O) groups is 1. The Balaban J connectivity index is 1.51. The van der Waals surface area contributed by atoms with Crippen LogP contribution in [0.15, 0.2) is 36.7 Å². The number of anilines is 2. The van der Waals surface area contributed by atoms with Gasteiger partial charge in [0, 0.05) is 23.2 Å². The minimum Gasteiger partial charge on any atom is -0.493 e. The molecule has 2 N–H and O–H groups in total. The number of fused-ring (bicyclic) bond motifs is 1. The van der Waals surface area contributed by atoms with Gasteiger partial charge >= 0.3 is 12.1 Å². The molecule has 186 valence electrons. The molecular weight excluding hydrogens is 492 g/mol. The average Bonchev–Trinajstić information content (AvgIpc) is 2.82. The van der Waals surface area contributed by atoms with E-state index in [1.165, 1.54) is 31.6 Å². The van der Waals surface area contributed by atoms with E-state index in [0.717, 1.165) is 0 Å². The topological polar surface area (TPSA) is 85.4 Å². The molecule has 0 aliphatic heterocycles. The minimum atomic E-state index is -4.90. The fourth-order valence-corrected chi connectivity index (χ4v) is 4.08. The largest absolute Gasteiger partial charge is 0.493 e. The zero-order chi connectivity index (χ0) is 25.2. The highest BCUT2D eigenvalue weighted by molar-refractivity contribution is 6.31. The summed E-state index contributed by atoms with van der Waals surface area (Å²) in [5.41, 5.74) is 1.09. The number of alkyl halides is 3. The van der Waals surface area contributed by atoms with Crippen LogP contribution in [-0.4, -0.2) is 41.3 Å². The van der Waals surface area contributed by atoms with Crippen molar-refractivity contribution >= 4 is 39.9 Å². The van der Waals surface area contributed by atoms with Gasteiger partial charge in [0.2, 0.25) is 0 Å². The van der Waals surface area contributed by atoms with Crippen LogP contribution in [0.5, 0.6) is 11.5 Å². The van der Waals surface area contributed by atoms with Crippen LogP contribution in [0.3, 0.4) is 0 Å². The summed E-state index contributed by atoms with van der Waals surface area (Å²) >= 11 is 5.87. The zero-order valence-electron chi connectivity index (χ0n) is 18.5. The molecule has 1 amide bonds. The van der Waals surface area contributed by atoms with Gasteiger partial charge in [0.25, 0.3) is 0 Å². The summed E-state index contributed by atoms with van der Waals surface area (Å²) in [6.07, 6.45) is -2.21. The molecule has 0 saturated heterocycles. The van der Waals surface area contributed by atoms with E-state index in [2.05, 4.69) is 15.3 Å². The monoisotopic (exact) mass is 512 g/mol. The highest BCUT2D eigenvalue weighted by Gasteiger charge is 2.40. The lowest BCUT2D eigenvalue weighted by Gasteiger charge is -2.30. The molecule has 1 aliphatic carbocycles. The number of methoxy groups -OCH3 is 1. The van der Waals surface area contributed by atoms with Crippen LogP contribution in [0.25, 0.3) is 10.9 Å². The van der Waals surface area contributed by atoms with Crippen LogP contribution in [-0.2, 0) is 4.79 Å². The Bertz CT molecular complexity index is 1230. The van der Waals surface area contributed by atoms with Crippen molar-refractivity contribution < 1.29 is 31.8 Å². The molecule has 2 aromatic carbocycles. The maximum absolute atomic E-state index is 13.5. The number of aromatic nitrogens is 2. The minimum absolute atomic E-state index is 0.0407. The lowest BCUT2D eigenvalue weighted by atomic mass is 9.93. The number of halogens is 5. The van der Waals surface area contributed by atoms with Crippen LogP contribution >= 0.6 is 11.6 Å². The number of hydrogen-bond donors (Lipinski definition) is 2. The summed E-state index contributed by atoms with van der Waals surface area (Å²) in [6.45, 7) is 0. The maximum Gasteiger partial charge on any atom is 0.471 e. The fraction of sp³-hybridized carbons (Fsp3) is 0.348.